The van der Waals surface area contributed by atoms with Gasteiger partial charge in [-0.25, -0.2) is 63.5 Å². The van der Waals surface area contributed by atoms with Crippen LogP contribution in [0.15, 0.2) is 128 Å². The summed E-state index contributed by atoms with van der Waals surface area (Å²) in [5.41, 5.74) is -7.00. The van der Waals surface area contributed by atoms with E-state index in [1.165, 1.54) is 48.8 Å². The van der Waals surface area contributed by atoms with Crippen molar-refractivity contribution >= 4 is 115 Å². The molecule has 570 valence electrons. The molecule has 30 nitrogen and oxygen atoms in total. The number of hydrogen-bond donors (Lipinski definition) is 0. The van der Waals surface area contributed by atoms with Crippen LogP contribution in [0.1, 0.15) is 171 Å². The summed E-state index contributed by atoms with van der Waals surface area (Å²) in [6.07, 6.45) is -5.26. The highest BCUT2D eigenvalue weighted by Crippen LogP contribution is 2.39. The van der Waals surface area contributed by atoms with E-state index in [9.17, 15) is 45.6 Å². The molecule has 0 N–H and O–H groups in total. The molecule has 34 heteroatoms. The van der Waals surface area contributed by atoms with E-state index in [0.717, 1.165) is 19.4 Å². The van der Waals surface area contributed by atoms with Crippen LogP contribution in [0.2, 0.25) is 5.28 Å². The van der Waals surface area contributed by atoms with Crippen LogP contribution in [-0.4, -0.2) is 143 Å². The molecule has 2 aromatic carbocycles. The van der Waals surface area contributed by atoms with Crippen molar-refractivity contribution < 1.29 is 92.2 Å². The van der Waals surface area contributed by atoms with Crippen molar-refractivity contribution in [1.82, 2.24) is 37.9 Å². The maximum atomic E-state index is 14.1. The highest BCUT2D eigenvalue weighted by Gasteiger charge is 2.53. The van der Waals surface area contributed by atoms with Crippen molar-refractivity contribution in [3.05, 3.63) is 126 Å². The Kier molecular flexibility index (Phi) is 24.8. The summed E-state index contributed by atoms with van der Waals surface area (Å²) in [5, 5.41) is 1.04. The molecule has 8 aromatic rings. The van der Waals surface area contributed by atoms with Gasteiger partial charge in [-0.1, -0.05) is 43.8 Å². The Morgan fingerprint density at radius 3 is 1.09 bits per heavy atom. The number of aromatic nitrogens is 6. The van der Waals surface area contributed by atoms with Gasteiger partial charge >= 0.3 is 43.7 Å². The molecule has 7 heterocycles. The van der Waals surface area contributed by atoms with E-state index in [1.807, 2.05) is 46.8 Å². The van der Waals surface area contributed by atoms with Gasteiger partial charge in [-0.2, -0.15) is 20.0 Å². The maximum Gasteiger partial charge on any atom is 0.532 e. The first-order chi connectivity index (χ1) is 47.5. The second kappa shape index (κ2) is 30.9. The molecule has 9 rings (SSSR count). The van der Waals surface area contributed by atoms with Gasteiger partial charge in [0.05, 0.1) is 37.5 Å². The van der Waals surface area contributed by atoms with Crippen molar-refractivity contribution in [2.24, 2.45) is 0 Å². The topological polar surface area (TPSA) is 345 Å². The van der Waals surface area contributed by atoms with Gasteiger partial charge in [-0.05, 0) is 238 Å². The van der Waals surface area contributed by atoms with E-state index in [4.69, 9.17) is 58.2 Å². The first kappa shape index (κ1) is 84.4. The summed E-state index contributed by atoms with van der Waals surface area (Å²) in [4.78, 5) is 99.6. The van der Waals surface area contributed by atoms with Gasteiger partial charge in [0.15, 0.2) is 34.5 Å². The molecule has 1 saturated heterocycles. The third-order valence-corrected chi connectivity index (χ3v) is 17.5. The number of carbonyl (C=O) groups excluding carboxylic acids is 6. The average Bonchev–Trinajstić information content (AvgIpc) is 1.65. The third kappa shape index (κ3) is 21.1. The highest BCUT2D eigenvalue weighted by atomic mass is 35.5. The number of halogens is 1. The van der Waals surface area contributed by atoms with Crippen molar-refractivity contribution in [3.8, 4) is 11.6 Å². The van der Waals surface area contributed by atoms with Gasteiger partial charge in [0.2, 0.25) is 5.28 Å². The number of benzene rings is 2. The number of fused-ring (bicyclic) bond motifs is 2. The standard InChI is InChI=1S/C32H39N5O9S.C27H34ClN5O8S.C11H17BO3.CH4/c1-20-16-17-23(43-20)24-33-25-22(18-19-35(25)47(41,42)21-14-12-11-13-15-21)26(34-24)36(27(38)44-30(2,3)4)37(28(39)45-31(5,6)7)29(40)46-32(8,9)10;1-25(2,3)39-22(34)32(33(23(35)40-26(4,5)6)24(36)41-27(7,8)9)20-18-15-16-31(19(18)29-21(28)30-20)42(37,38)17-13-11-10-12-14-17;1-8-6-7-9(13-8)12-14-10(2,3)11(4,5)15-12;/h11-19H,1-10H3;10-16H,1-9H3;6-7H,1-5H3;1H4. The monoisotopic (exact) mass is 1520 g/mol. The van der Waals surface area contributed by atoms with Gasteiger partial charge in [0.25, 0.3) is 20.0 Å². The Labute approximate surface area is 617 Å². The van der Waals surface area contributed by atoms with Gasteiger partial charge in [-0.3, -0.25) is 0 Å². The van der Waals surface area contributed by atoms with E-state index in [-0.39, 0.29) is 74.2 Å². The summed E-state index contributed by atoms with van der Waals surface area (Å²) in [6, 6.07) is 24.8. The van der Waals surface area contributed by atoms with Crippen LogP contribution in [0.3, 0.4) is 0 Å². The minimum absolute atomic E-state index is 0. The van der Waals surface area contributed by atoms with E-state index in [1.54, 1.807) is 180 Å². The second-order valence-electron chi connectivity index (χ2n) is 30.6. The molecule has 1 aliphatic rings. The second-order valence-corrected chi connectivity index (χ2v) is 34.6. The molecule has 105 heavy (non-hydrogen) atoms. The van der Waals surface area contributed by atoms with Crippen LogP contribution in [0, 0.1) is 13.8 Å². The number of rotatable bonds is 8. The smallest absolute Gasteiger partial charge is 0.470 e. The van der Waals surface area contributed by atoms with E-state index < -0.39 is 107 Å². The quantitative estimate of drug-likeness (QED) is 0.0590. The first-order valence-corrected chi connectivity index (χ1v) is 35.9. The minimum atomic E-state index is -4.24. The molecule has 0 bridgehead atoms. The SMILES string of the molecule is C.CC(C)(C)OC(=O)N(C(=O)OC(C)(C)C)N(C(=O)OC(C)(C)C)c1nc(Cl)nc2c1ccn2S(=O)(=O)c1ccccc1.Cc1ccc(-c2nc(N(C(=O)OC(C)(C)C)N(C(=O)OC(C)(C)C)C(=O)OC(C)(C)C)c3ccn(S(=O)(=O)c4ccccc4)c3n2)o1.Cc1ccc(B2OC(C)(C)C(C)(C)O2)o1. The van der Waals surface area contributed by atoms with Gasteiger partial charge in [0, 0.05) is 12.4 Å². The zero-order chi connectivity index (χ0) is 78.2. The predicted octanol–water partition coefficient (Wildman–Crippen LogP) is 15.7. The number of aryl methyl sites for hydroxylation is 2. The fourth-order valence-corrected chi connectivity index (χ4v) is 11.9. The molecule has 1 aliphatic heterocycles. The summed E-state index contributed by atoms with van der Waals surface area (Å²) < 4.78 is 112. The van der Waals surface area contributed by atoms with Crippen LogP contribution < -0.4 is 15.7 Å². The average molecular weight is 1520 g/mol. The Bertz CT molecular complexity index is 4650. The first-order valence-electron chi connectivity index (χ1n) is 32.6. The molecule has 0 saturated carbocycles. The maximum absolute atomic E-state index is 14.1. The van der Waals surface area contributed by atoms with Crippen LogP contribution in [-0.2, 0) is 57.8 Å². The fraction of sp³-hybridized carbons (Fsp3) is 0.465. The number of ether oxygens (including phenoxy) is 6. The number of anilines is 2. The minimum Gasteiger partial charge on any atom is -0.470 e. The Morgan fingerprint density at radius 2 is 0.762 bits per heavy atom. The molecule has 0 unspecified atom stereocenters. The van der Waals surface area contributed by atoms with Gasteiger partial charge in [-0.15, -0.1) is 10.0 Å². The van der Waals surface area contributed by atoms with Gasteiger partial charge < -0.3 is 46.6 Å². The number of carbonyl (C=O) groups is 6. The molecule has 0 aliphatic carbocycles. The molecule has 0 atom stereocenters. The normalized spacial score (nSPS) is 13.9. The van der Waals surface area contributed by atoms with Crippen molar-refractivity contribution in [1.29, 1.82) is 0 Å². The van der Waals surface area contributed by atoms with Crippen LogP contribution in [0.4, 0.5) is 40.4 Å². The van der Waals surface area contributed by atoms with Crippen LogP contribution >= 0.6 is 11.6 Å². The summed E-state index contributed by atoms with van der Waals surface area (Å²) in [5.74, 6) is 0.474. The lowest BCUT2D eigenvalue weighted by atomic mass is 9.86. The molecule has 0 radical (unpaired) electrons. The lowest BCUT2D eigenvalue weighted by molar-refractivity contribution is -0.00780. The van der Waals surface area contributed by atoms with Crippen molar-refractivity contribution in [3.63, 3.8) is 0 Å². The zero-order valence-corrected chi connectivity index (χ0v) is 65.2. The molecule has 0 spiro atoms. The highest BCUT2D eigenvalue weighted by molar-refractivity contribution is 7.90. The number of amides is 6. The molecule has 1 fully saturated rings. The summed E-state index contributed by atoms with van der Waals surface area (Å²) in [7, 11) is -8.82. The number of hydrazine groups is 2. The number of furan rings is 2. The molecular formula is C71H94BClN10O20S2. The fourth-order valence-electron chi connectivity index (χ4n) is 9.09. The lowest BCUT2D eigenvalue weighted by Crippen LogP contribution is -2.57. The Hall–Kier alpha value is -9.57. The Balaban J connectivity index is 0.000000273. The zero-order valence-electron chi connectivity index (χ0n) is 62.8. The summed E-state index contributed by atoms with van der Waals surface area (Å²) >= 11 is 6.25. The Morgan fingerprint density at radius 1 is 0.438 bits per heavy atom. The number of hydrogen-bond acceptors (Lipinski definition) is 24. The van der Waals surface area contributed by atoms with Crippen LogP contribution in [0.5, 0.6) is 0 Å². The summed E-state index contributed by atoms with van der Waals surface area (Å²) in [6.45, 7) is 40.0. The van der Waals surface area contributed by atoms with Crippen LogP contribution in [0.25, 0.3) is 33.7 Å². The predicted molar refractivity (Wildman–Crippen MR) is 392 cm³/mol. The van der Waals surface area contributed by atoms with E-state index in [2.05, 4.69) is 19.9 Å². The van der Waals surface area contributed by atoms with E-state index >= 15 is 0 Å². The van der Waals surface area contributed by atoms with E-state index in [0.29, 0.717) is 20.8 Å². The van der Waals surface area contributed by atoms with Crippen molar-refractivity contribution in [2.45, 2.75) is 228 Å². The lowest BCUT2D eigenvalue weighted by Gasteiger charge is -2.35. The number of imide groups is 2. The molecule has 6 aromatic heterocycles. The third-order valence-electron chi connectivity index (χ3n) is 14.0. The molecule has 6 amide bonds. The van der Waals surface area contributed by atoms with Crippen molar-refractivity contribution in [2.75, 3.05) is 10.0 Å². The van der Waals surface area contributed by atoms with Gasteiger partial charge in [0.1, 0.15) is 45.0 Å². The molecular weight excluding hydrogens is 1420 g/mol. The largest absolute Gasteiger partial charge is 0.532 e. The number of nitrogens with zero attached hydrogens (tertiary/aromatic N) is 10.